The van der Waals surface area contributed by atoms with Gasteiger partial charge < -0.3 is 14.8 Å². The van der Waals surface area contributed by atoms with Crippen LogP contribution in [0.25, 0.3) is 0 Å². The van der Waals surface area contributed by atoms with Crippen LogP contribution in [0, 0.1) is 0 Å². The average Bonchev–Trinajstić information content (AvgIpc) is 3.04. The van der Waals surface area contributed by atoms with Gasteiger partial charge in [0, 0.05) is 16.7 Å². The Labute approximate surface area is 231 Å². The first-order valence-electron chi connectivity index (χ1n) is 9.82. The number of hydrogen-bond acceptors (Lipinski definition) is 7. The average molecular weight is 598 g/mol. The molecule has 13 heteroatoms. The Hall–Kier alpha value is -1.81. The van der Waals surface area contributed by atoms with E-state index in [9.17, 15) is 9.59 Å². The number of hydrogen-bond donors (Lipinski definition) is 1. The molecule has 0 radical (unpaired) electrons. The standard InChI is InChI=1S/C22H18Cl5N3O4S/c1-9(2)22(32)34-10(3)35-19-20(28-16-8-17(33-4)13(25)7-12(16)24)29-30(21(19)31)18-14(26)5-11(23)6-15(18)27/h5-8,10,19H,1H2,2-4H3,(H,28,29). The van der Waals surface area contributed by atoms with Crippen LogP contribution in [0.5, 0.6) is 5.75 Å². The second-order valence-electron chi connectivity index (χ2n) is 7.21. The molecule has 0 spiro atoms. The first kappa shape index (κ1) is 27.8. The summed E-state index contributed by atoms with van der Waals surface area (Å²) < 4.78 is 10.6. The lowest BCUT2D eigenvalue weighted by molar-refractivity contribution is -0.139. The molecule has 0 saturated heterocycles. The summed E-state index contributed by atoms with van der Waals surface area (Å²) in [6.45, 7) is 6.71. The molecule has 1 aliphatic rings. The summed E-state index contributed by atoms with van der Waals surface area (Å²) in [5.74, 6) is -0.532. The van der Waals surface area contributed by atoms with Gasteiger partial charge in [-0.1, -0.05) is 76.3 Å². The van der Waals surface area contributed by atoms with Crippen LogP contribution >= 0.6 is 69.8 Å². The minimum absolute atomic E-state index is 0.123. The number of halogens is 5. The zero-order valence-corrected chi connectivity index (χ0v) is 23.1. The van der Waals surface area contributed by atoms with Crippen LogP contribution in [0.1, 0.15) is 13.8 Å². The fourth-order valence-corrected chi connectivity index (χ4v) is 5.40. The van der Waals surface area contributed by atoms with Gasteiger partial charge in [-0.15, -0.1) is 5.10 Å². The third kappa shape index (κ3) is 6.31. The third-order valence-corrected chi connectivity index (χ3v) is 7.12. The number of esters is 1. The molecule has 35 heavy (non-hydrogen) atoms. The molecule has 0 bridgehead atoms. The number of methoxy groups -OCH3 is 1. The van der Waals surface area contributed by atoms with Gasteiger partial charge in [0.1, 0.15) is 22.1 Å². The van der Waals surface area contributed by atoms with Crippen molar-refractivity contribution in [1.29, 1.82) is 0 Å². The SMILES string of the molecule is C=C(C)C(=O)OC(C)SC1C(=O)N(c2c(Cl)cc(Cl)cc2Cl)N=C1Nc1cc(OC)c(Cl)cc1Cl. The van der Waals surface area contributed by atoms with Gasteiger partial charge >= 0.3 is 5.97 Å². The van der Waals surface area contributed by atoms with Crippen LogP contribution in [0.3, 0.4) is 0 Å². The van der Waals surface area contributed by atoms with Crippen molar-refractivity contribution in [3.8, 4) is 5.75 Å². The Bertz CT molecular complexity index is 1220. The van der Waals surface area contributed by atoms with Crippen molar-refractivity contribution >= 4 is 98.9 Å². The van der Waals surface area contributed by atoms with Gasteiger partial charge in [0.05, 0.1) is 32.9 Å². The largest absolute Gasteiger partial charge is 0.495 e. The van der Waals surface area contributed by atoms with Crippen molar-refractivity contribution in [3.05, 3.63) is 61.5 Å². The predicted molar refractivity (Wildman–Crippen MR) is 145 cm³/mol. The molecule has 0 aliphatic carbocycles. The number of anilines is 2. The van der Waals surface area contributed by atoms with Crippen LogP contribution in [0.4, 0.5) is 11.4 Å². The van der Waals surface area contributed by atoms with E-state index in [1.54, 1.807) is 13.0 Å². The minimum atomic E-state index is -0.941. The van der Waals surface area contributed by atoms with Crippen LogP contribution in [0.15, 0.2) is 41.5 Å². The topological polar surface area (TPSA) is 80.2 Å². The summed E-state index contributed by atoms with van der Waals surface area (Å²) in [6, 6.07) is 5.94. The molecule has 0 fully saturated rings. The van der Waals surface area contributed by atoms with E-state index in [2.05, 4.69) is 17.0 Å². The lowest BCUT2D eigenvalue weighted by Crippen LogP contribution is -2.34. The number of rotatable bonds is 7. The quantitative estimate of drug-likeness (QED) is 0.205. The number of benzene rings is 2. The molecule has 0 aromatic heterocycles. The van der Waals surface area contributed by atoms with Crippen molar-refractivity contribution in [1.82, 2.24) is 0 Å². The van der Waals surface area contributed by atoms with Crippen LogP contribution < -0.4 is 15.1 Å². The molecular weight excluding hydrogens is 580 g/mol. The summed E-state index contributed by atoms with van der Waals surface area (Å²) in [5.41, 5.74) is 0.0263. The van der Waals surface area contributed by atoms with Crippen molar-refractivity contribution in [2.75, 3.05) is 17.4 Å². The van der Waals surface area contributed by atoms with Crippen molar-refractivity contribution < 1.29 is 19.1 Å². The van der Waals surface area contributed by atoms with E-state index in [0.717, 1.165) is 16.8 Å². The summed E-state index contributed by atoms with van der Waals surface area (Å²) in [7, 11) is 1.46. The molecule has 2 aromatic rings. The van der Waals surface area contributed by atoms with E-state index >= 15 is 0 Å². The maximum Gasteiger partial charge on any atom is 0.334 e. The molecule has 186 valence electrons. The molecule has 1 aliphatic heterocycles. The smallest absolute Gasteiger partial charge is 0.334 e. The Kier molecular flexibility index (Phi) is 9.12. The zero-order valence-electron chi connectivity index (χ0n) is 18.5. The number of thioether (sulfide) groups is 1. The number of ether oxygens (including phenoxy) is 2. The predicted octanol–water partition coefficient (Wildman–Crippen LogP) is 7.30. The monoisotopic (exact) mass is 595 g/mol. The summed E-state index contributed by atoms with van der Waals surface area (Å²) in [6.07, 6.45) is 0. The molecular formula is C22H18Cl5N3O4S. The van der Waals surface area contributed by atoms with Gasteiger partial charge in [0.15, 0.2) is 5.84 Å². The zero-order chi connectivity index (χ0) is 26.0. The minimum Gasteiger partial charge on any atom is -0.495 e. The van der Waals surface area contributed by atoms with Gasteiger partial charge in [0.25, 0.3) is 5.91 Å². The van der Waals surface area contributed by atoms with E-state index in [0.29, 0.717) is 21.5 Å². The van der Waals surface area contributed by atoms with Crippen molar-refractivity contribution in [2.45, 2.75) is 24.5 Å². The van der Waals surface area contributed by atoms with E-state index in [1.165, 1.54) is 32.2 Å². The van der Waals surface area contributed by atoms with E-state index in [4.69, 9.17) is 67.5 Å². The maximum absolute atomic E-state index is 13.5. The number of carbonyl (C=O) groups excluding carboxylic acids is 2. The molecule has 1 amide bonds. The lowest BCUT2D eigenvalue weighted by Gasteiger charge is -2.20. The highest BCUT2D eigenvalue weighted by molar-refractivity contribution is 8.01. The lowest BCUT2D eigenvalue weighted by atomic mass is 10.2. The second-order valence-corrected chi connectivity index (χ2v) is 10.7. The molecule has 1 N–H and O–H groups in total. The van der Waals surface area contributed by atoms with Gasteiger partial charge in [-0.25, -0.2) is 4.79 Å². The number of hydrazone groups is 1. The van der Waals surface area contributed by atoms with Crippen molar-refractivity contribution in [2.24, 2.45) is 5.10 Å². The fourth-order valence-electron chi connectivity index (χ4n) is 2.94. The Balaban J connectivity index is 2.01. The highest BCUT2D eigenvalue weighted by atomic mass is 35.5. The summed E-state index contributed by atoms with van der Waals surface area (Å²) in [4.78, 5) is 25.4. The van der Waals surface area contributed by atoms with Crippen molar-refractivity contribution in [3.63, 3.8) is 0 Å². The van der Waals surface area contributed by atoms with E-state index < -0.39 is 22.6 Å². The molecule has 2 atom stereocenters. The highest BCUT2D eigenvalue weighted by Gasteiger charge is 2.41. The van der Waals surface area contributed by atoms with Gasteiger partial charge in [0.2, 0.25) is 0 Å². The number of nitrogens with one attached hydrogen (secondary N) is 1. The fraction of sp³-hybridized carbons (Fsp3) is 0.227. The van der Waals surface area contributed by atoms with Gasteiger partial charge in [-0.2, -0.15) is 5.01 Å². The van der Waals surface area contributed by atoms with E-state index in [-0.39, 0.29) is 32.2 Å². The highest BCUT2D eigenvalue weighted by Crippen LogP contribution is 2.41. The number of amidine groups is 1. The maximum atomic E-state index is 13.5. The first-order chi connectivity index (χ1) is 16.4. The Morgan fingerprint density at radius 3 is 2.31 bits per heavy atom. The second kappa shape index (κ2) is 11.5. The van der Waals surface area contributed by atoms with Gasteiger partial charge in [-0.05, 0) is 32.0 Å². The number of carbonyl (C=O) groups is 2. The number of amides is 1. The van der Waals surface area contributed by atoms with Crippen LogP contribution in [0.2, 0.25) is 25.1 Å². The summed E-state index contributed by atoms with van der Waals surface area (Å²) in [5, 5.41) is 8.70. The molecule has 7 nitrogen and oxygen atoms in total. The molecule has 2 aromatic carbocycles. The summed E-state index contributed by atoms with van der Waals surface area (Å²) >= 11 is 32.2. The molecule has 0 saturated carbocycles. The Morgan fingerprint density at radius 1 is 1.11 bits per heavy atom. The molecule has 3 rings (SSSR count). The van der Waals surface area contributed by atoms with Gasteiger partial charge in [-0.3, -0.25) is 4.79 Å². The number of nitrogens with zero attached hydrogens (tertiary/aromatic N) is 2. The molecule has 2 unspecified atom stereocenters. The van der Waals surface area contributed by atoms with Crippen LogP contribution in [-0.2, 0) is 14.3 Å². The van der Waals surface area contributed by atoms with E-state index in [1.807, 2.05) is 0 Å². The molecule has 1 heterocycles. The first-order valence-corrected chi connectivity index (χ1v) is 12.6. The normalized spacial score (nSPS) is 16.1. The Morgan fingerprint density at radius 2 is 1.74 bits per heavy atom. The van der Waals surface area contributed by atoms with Crippen LogP contribution in [-0.4, -0.2) is 35.5 Å². The third-order valence-electron chi connectivity index (χ3n) is 4.54.